The highest BCUT2D eigenvalue weighted by Gasteiger charge is 2.28. The lowest BCUT2D eigenvalue weighted by Crippen LogP contribution is -2.48. The van der Waals surface area contributed by atoms with E-state index in [4.69, 9.17) is 4.74 Å². The van der Waals surface area contributed by atoms with Crippen LogP contribution in [0.15, 0.2) is 17.4 Å². The first-order chi connectivity index (χ1) is 10.6. The summed E-state index contributed by atoms with van der Waals surface area (Å²) >= 11 is 0. The fourth-order valence-electron chi connectivity index (χ4n) is 2.70. The third-order valence-corrected chi connectivity index (χ3v) is 3.76. The summed E-state index contributed by atoms with van der Waals surface area (Å²) in [6, 6.07) is 0. The van der Waals surface area contributed by atoms with Crippen molar-refractivity contribution >= 4 is 35.9 Å². The Morgan fingerprint density at radius 1 is 1.57 bits per heavy atom. The zero-order chi connectivity index (χ0) is 15.9. The summed E-state index contributed by atoms with van der Waals surface area (Å²) in [7, 11) is 3.66. The van der Waals surface area contributed by atoms with Crippen LogP contribution in [0.3, 0.4) is 0 Å². The van der Waals surface area contributed by atoms with E-state index in [1.54, 1.807) is 11.7 Å². The minimum absolute atomic E-state index is 0. The summed E-state index contributed by atoms with van der Waals surface area (Å²) < 4.78 is 6.91. The summed E-state index contributed by atoms with van der Waals surface area (Å²) in [4.78, 5) is 18.4. The highest BCUT2D eigenvalue weighted by Crippen LogP contribution is 2.18. The van der Waals surface area contributed by atoms with Crippen LogP contribution in [0.5, 0.6) is 0 Å². The van der Waals surface area contributed by atoms with Crippen LogP contribution in [0.4, 0.5) is 0 Å². The van der Waals surface area contributed by atoms with Gasteiger partial charge >= 0.3 is 5.97 Å². The third kappa shape index (κ3) is 5.67. The van der Waals surface area contributed by atoms with Gasteiger partial charge in [0.05, 0.1) is 18.7 Å². The second-order valence-electron chi connectivity index (χ2n) is 5.46. The van der Waals surface area contributed by atoms with E-state index in [1.165, 1.54) is 0 Å². The van der Waals surface area contributed by atoms with Crippen LogP contribution in [0.2, 0.25) is 0 Å². The number of likely N-dealkylation sites (tertiary alicyclic amines) is 1. The number of aromatic nitrogens is 2. The quantitative estimate of drug-likeness (QED) is 0.335. The largest absolute Gasteiger partial charge is 0.466 e. The number of hydrogen-bond donors (Lipinski definition) is 1. The molecular weight excluding hydrogens is 409 g/mol. The maximum Gasteiger partial charge on any atom is 0.310 e. The molecule has 1 aromatic heterocycles. The van der Waals surface area contributed by atoms with Gasteiger partial charge in [-0.05, 0) is 19.8 Å². The van der Waals surface area contributed by atoms with Crippen molar-refractivity contribution in [2.75, 3.05) is 26.7 Å². The number of nitrogens with zero attached hydrogens (tertiary/aromatic N) is 4. The minimum Gasteiger partial charge on any atom is -0.466 e. The topological polar surface area (TPSA) is 71.8 Å². The van der Waals surface area contributed by atoms with E-state index < -0.39 is 0 Å². The smallest absolute Gasteiger partial charge is 0.310 e. The second-order valence-corrected chi connectivity index (χ2v) is 5.46. The number of ether oxygens (including phenoxy) is 1. The summed E-state index contributed by atoms with van der Waals surface area (Å²) in [5, 5.41) is 7.48. The van der Waals surface area contributed by atoms with E-state index in [-0.39, 0.29) is 35.9 Å². The standard InChI is InChI=1S/C15H25N5O2.HI/c1-4-22-14(21)13-6-5-7-20(11-13)15(16-2)17-8-12-9-18-19(3)10-12;/h9-10,13H,4-8,11H2,1-3H3,(H,16,17);1H. The molecule has 8 heteroatoms. The highest BCUT2D eigenvalue weighted by molar-refractivity contribution is 14.0. The molecule has 1 aromatic rings. The molecule has 1 atom stereocenters. The zero-order valence-electron chi connectivity index (χ0n) is 14.0. The van der Waals surface area contributed by atoms with E-state index in [0.717, 1.165) is 30.9 Å². The van der Waals surface area contributed by atoms with Crippen LogP contribution in [0.25, 0.3) is 0 Å². The number of aliphatic imine (C=N–C) groups is 1. The van der Waals surface area contributed by atoms with E-state index in [2.05, 4.69) is 20.3 Å². The van der Waals surface area contributed by atoms with Crippen LogP contribution in [0, 0.1) is 5.92 Å². The van der Waals surface area contributed by atoms with Crippen LogP contribution < -0.4 is 5.32 Å². The first-order valence-corrected chi connectivity index (χ1v) is 7.73. The molecule has 1 aliphatic heterocycles. The third-order valence-electron chi connectivity index (χ3n) is 3.76. The van der Waals surface area contributed by atoms with Gasteiger partial charge in [-0.1, -0.05) is 0 Å². The van der Waals surface area contributed by atoms with Crippen molar-refractivity contribution in [2.24, 2.45) is 18.0 Å². The highest BCUT2D eigenvalue weighted by atomic mass is 127. The molecule has 23 heavy (non-hydrogen) atoms. The molecule has 1 aliphatic rings. The molecule has 1 saturated heterocycles. The van der Waals surface area contributed by atoms with Gasteiger partial charge in [0, 0.05) is 45.5 Å². The van der Waals surface area contributed by atoms with Crippen molar-refractivity contribution in [1.82, 2.24) is 20.0 Å². The fourth-order valence-corrected chi connectivity index (χ4v) is 2.70. The van der Waals surface area contributed by atoms with Crippen LogP contribution >= 0.6 is 24.0 Å². The number of carbonyl (C=O) groups excluding carboxylic acids is 1. The Labute approximate surface area is 154 Å². The minimum atomic E-state index is -0.102. The Morgan fingerprint density at radius 2 is 2.35 bits per heavy atom. The van der Waals surface area contributed by atoms with E-state index in [1.807, 2.05) is 26.4 Å². The van der Waals surface area contributed by atoms with E-state index in [0.29, 0.717) is 19.7 Å². The van der Waals surface area contributed by atoms with Gasteiger partial charge < -0.3 is 15.0 Å². The molecule has 0 aromatic carbocycles. The molecule has 2 heterocycles. The van der Waals surface area contributed by atoms with Gasteiger partial charge in [-0.15, -0.1) is 24.0 Å². The van der Waals surface area contributed by atoms with Gasteiger partial charge in [-0.2, -0.15) is 5.10 Å². The normalized spacial score (nSPS) is 18.3. The molecule has 0 aliphatic carbocycles. The Bertz CT molecular complexity index is 532. The number of aryl methyl sites for hydroxylation is 1. The molecule has 7 nitrogen and oxygen atoms in total. The number of halogens is 1. The maximum atomic E-state index is 11.9. The summed E-state index contributed by atoms with van der Waals surface area (Å²) in [5.41, 5.74) is 1.10. The second kappa shape index (κ2) is 9.74. The predicted molar refractivity (Wildman–Crippen MR) is 99.8 cm³/mol. The van der Waals surface area contributed by atoms with Crippen molar-refractivity contribution in [2.45, 2.75) is 26.3 Å². The fraction of sp³-hybridized carbons (Fsp3) is 0.667. The first-order valence-electron chi connectivity index (χ1n) is 7.73. The molecule has 0 amide bonds. The summed E-state index contributed by atoms with van der Waals surface area (Å²) in [5.74, 6) is 0.651. The Balaban J connectivity index is 0.00000264. The van der Waals surface area contributed by atoms with Gasteiger partial charge in [-0.25, -0.2) is 0 Å². The van der Waals surface area contributed by atoms with Gasteiger partial charge in [-0.3, -0.25) is 14.5 Å². The number of hydrogen-bond acceptors (Lipinski definition) is 4. The number of carbonyl (C=O) groups is 1. The molecular formula is C15H26IN5O2. The Hall–Kier alpha value is -1.32. The monoisotopic (exact) mass is 435 g/mol. The molecule has 1 N–H and O–H groups in total. The van der Waals surface area contributed by atoms with Crippen LogP contribution in [0.1, 0.15) is 25.3 Å². The Kier molecular flexibility index (Phi) is 8.35. The van der Waals surface area contributed by atoms with Crippen LogP contribution in [-0.4, -0.2) is 53.4 Å². The number of piperidine rings is 1. The van der Waals surface area contributed by atoms with Gasteiger partial charge in [0.1, 0.15) is 0 Å². The lowest BCUT2D eigenvalue weighted by molar-refractivity contribution is -0.149. The number of guanidine groups is 1. The Morgan fingerprint density at radius 3 is 2.96 bits per heavy atom. The number of rotatable bonds is 4. The molecule has 0 saturated carbocycles. The molecule has 0 radical (unpaired) electrons. The summed E-state index contributed by atoms with van der Waals surface area (Å²) in [6.45, 7) is 4.51. The van der Waals surface area contributed by atoms with Crippen molar-refractivity contribution in [3.05, 3.63) is 18.0 Å². The lowest BCUT2D eigenvalue weighted by atomic mass is 9.98. The molecule has 0 spiro atoms. The van der Waals surface area contributed by atoms with Crippen molar-refractivity contribution < 1.29 is 9.53 Å². The number of nitrogens with one attached hydrogen (secondary N) is 1. The van der Waals surface area contributed by atoms with Crippen molar-refractivity contribution in [1.29, 1.82) is 0 Å². The molecule has 1 unspecified atom stereocenters. The maximum absolute atomic E-state index is 11.9. The van der Waals surface area contributed by atoms with Crippen molar-refractivity contribution in [3.8, 4) is 0 Å². The first kappa shape index (κ1) is 19.7. The van der Waals surface area contributed by atoms with Crippen molar-refractivity contribution in [3.63, 3.8) is 0 Å². The average molecular weight is 435 g/mol. The van der Waals surface area contributed by atoms with E-state index in [9.17, 15) is 4.79 Å². The van der Waals surface area contributed by atoms with Gasteiger partial charge in [0.2, 0.25) is 0 Å². The van der Waals surface area contributed by atoms with Crippen LogP contribution in [-0.2, 0) is 23.1 Å². The molecule has 0 bridgehead atoms. The molecule has 1 fully saturated rings. The number of esters is 1. The van der Waals surface area contributed by atoms with Gasteiger partial charge in [0.15, 0.2) is 5.96 Å². The molecule has 130 valence electrons. The van der Waals surface area contributed by atoms with Gasteiger partial charge in [0.25, 0.3) is 0 Å². The summed E-state index contributed by atoms with van der Waals surface area (Å²) in [6.07, 6.45) is 5.65. The SMILES string of the molecule is CCOC(=O)C1CCCN(C(=NC)NCc2cnn(C)c2)C1.I. The predicted octanol–water partition coefficient (Wildman–Crippen LogP) is 1.39. The lowest BCUT2D eigenvalue weighted by Gasteiger charge is -2.33. The van der Waals surface area contributed by atoms with E-state index >= 15 is 0 Å². The zero-order valence-corrected chi connectivity index (χ0v) is 16.3. The average Bonchev–Trinajstić information content (AvgIpc) is 2.94. The molecule has 2 rings (SSSR count).